The number of nitriles is 1. The summed E-state index contributed by atoms with van der Waals surface area (Å²) in [5.41, 5.74) is 1.81. The van der Waals surface area contributed by atoms with Gasteiger partial charge in [-0.2, -0.15) is 9.57 Å². The Kier molecular flexibility index (Phi) is 6.87. The number of likely N-dealkylation sites (N-methyl/N-ethyl adjacent to an activating group) is 1. The van der Waals surface area contributed by atoms with Gasteiger partial charge in [0.15, 0.2) is 0 Å². The maximum Gasteiger partial charge on any atom is 0.243 e. The molecule has 0 radical (unpaired) electrons. The van der Waals surface area contributed by atoms with Crippen LogP contribution in [-0.2, 0) is 26.0 Å². The van der Waals surface area contributed by atoms with Crippen LogP contribution < -0.4 is 10.6 Å². The molecule has 0 bridgehead atoms. The Bertz CT molecular complexity index is 994. The molecule has 0 aliphatic heterocycles. The number of nitrogens with zero attached hydrogens (tertiary/aromatic N) is 2. The maximum atomic E-state index is 12.6. The lowest BCUT2D eigenvalue weighted by atomic mass is 10.1. The van der Waals surface area contributed by atoms with Crippen molar-refractivity contribution in [2.45, 2.75) is 18.2 Å². The van der Waals surface area contributed by atoms with Crippen LogP contribution in [0.5, 0.6) is 0 Å². The highest BCUT2D eigenvalue weighted by Gasteiger charge is 2.23. The third-order valence-corrected chi connectivity index (χ3v) is 5.59. The van der Waals surface area contributed by atoms with Crippen LogP contribution in [-0.4, -0.2) is 38.1 Å². The maximum absolute atomic E-state index is 12.6. The van der Waals surface area contributed by atoms with E-state index in [1.54, 1.807) is 24.3 Å². The van der Waals surface area contributed by atoms with E-state index >= 15 is 0 Å². The lowest BCUT2D eigenvalue weighted by Crippen LogP contribution is -2.34. The molecule has 0 saturated heterocycles. The molecular formula is C19H20N4O4S. The molecule has 2 aromatic rings. The minimum absolute atomic E-state index is 0.0118. The summed E-state index contributed by atoms with van der Waals surface area (Å²) < 4.78 is 26.1. The van der Waals surface area contributed by atoms with Gasteiger partial charge in [-0.1, -0.05) is 12.1 Å². The van der Waals surface area contributed by atoms with Gasteiger partial charge < -0.3 is 10.6 Å². The Balaban J connectivity index is 2.01. The summed E-state index contributed by atoms with van der Waals surface area (Å²) in [4.78, 5) is 23.2. The first-order valence-corrected chi connectivity index (χ1v) is 9.76. The number of sulfonamides is 1. The normalized spacial score (nSPS) is 10.9. The average molecular weight is 400 g/mol. The minimum atomic E-state index is -3.86. The Morgan fingerprint density at radius 1 is 1.00 bits per heavy atom. The summed E-state index contributed by atoms with van der Waals surface area (Å²) in [6.45, 7) is 0.990. The molecule has 0 saturated carbocycles. The fourth-order valence-electron chi connectivity index (χ4n) is 2.38. The first-order valence-electron chi connectivity index (χ1n) is 8.32. The second-order valence-electron chi connectivity index (χ2n) is 6.05. The van der Waals surface area contributed by atoms with Gasteiger partial charge >= 0.3 is 0 Å². The van der Waals surface area contributed by atoms with Crippen LogP contribution in [0.4, 0.5) is 11.4 Å². The highest BCUT2D eigenvalue weighted by Crippen LogP contribution is 2.18. The van der Waals surface area contributed by atoms with Crippen molar-refractivity contribution in [3.63, 3.8) is 0 Å². The van der Waals surface area contributed by atoms with E-state index < -0.39 is 15.9 Å². The van der Waals surface area contributed by atoms with Gasteiger partial charge in [0.25, 0.3) is 0 Å². The number of nitrogens with one attached hydrogen (secondary N) is 2. The first kappa shape index (κ1) is 21.1. The molecule has 0 heterocycles. The van der Waals surface area contributed by atoms with Crippen LogP contribution >= 0.6 is 0 Å². The molecule has 0 aromatic heterocycles. The highest BCUT2D eigenvalue weighted by molar-refractivity contribution is 7.89. The monoisotopic (exact) mass is 400 g/mol. The molecule has 2 rings (SSSR count). The van der Waals surface area contributed by atoms with Crippen LogP contribution in [0.25, 0.3) is 0 Å². The molecule has 0 unspecified atom stereocenters. The van der Waals surface area contributed by atoms with Gasteiger partial charge in [0.05, 0.1) is 23.9 Å². The van der Waals surface area contributed by atoms with Crippen LogP contribution in [0, 0.1) is 11.3 Å². The molecule has 0 fully saturated rings. The number of hydrogen-bond acceptors (Lipinski definition) is 5. The van der Waals surface area contributed by atoms with Gasteiger partial charge in [-0.25, -0.2) is 8.42 Å². The quantitative estimate of drug-likeness (QED) is 0.736. The van der Waals surface area contributed by atoms with Crippen LogP contribution in [0.15, 0.2) is 53.4 Å². The third-order valence-electron chi connectivity index (χ3n) is 3.77. The van der Waals surface area contributed by atoms with Crippen molar-refractivity contribution < 1.29 is 18.0 Å². The minimum Gasteiger partial charge on any atom is -0.326 e. The van der Waals surface area contributed by atoms with E-state index in [1.165, 1.54) is 38.2 Å². The van der Waals surface area contributed by atoms with E-state index in [9.17, 15) is 18.0 Å². The van der Waals surface area contributed by atoms with Gasteiger partial charge in [0.1, 0.15) is 0 Å². The van der Waals surface area contributed by atoms with Crippen molar-refractivity contribution in [3.05, 3.63) is 54.1 Å². The number of carbonyl (C=O) groups is 2. The Morgan fingerprint density at radius 2 is 1.54 bits per heavy atom. The lowest BCUT2D eigenvalue weighted by molar-refractivity contribution is -0.116. The number of amides is 2. The molecule has 2 aromatic carbocycles. The molecule has 28 heavy (non-hydrogen) atoms. The van der Waals surface area contributed by atoms with Gasteiger partial charge in [0.2, 0.25) is 21.8 Å². The van der Waals surface area contributed by atoms with Crippen LogP contribution in [0.1, 0.15) is 12.5 Å². The van der Waals surface area contributed by atoms with Crippen LogP contribution in [0.3, 0.4) is 0 Å². The fraction of sp³-hybridized carbons (Fsp3) is 0.211. The molecule has 0 spiro atoms. The van der Waals surface area contributed by atoms with E-state index in [0.717, 1.165) is 9.87 Å². The second kappa shape index (κ2) is 9.12. The predicted octanol–water partition coefficient (Wildman–Crippen LogP) is 1.97. The Hall–Kier alpha value is -3.22. The van der Waals surface area contributed by atoms with E-state index in [4.69, 9.17) is 5.26 Å². The largest absolute Gasteiger partial charge is 0.326 e. The molecule has 0 aliphatic carbocycles. The average Bonchev–Trinajstić information content (AvgIpc) is 2.63. The van der Waals surface area contributed by atoms with Crippen LogP contribution in [0.2, 0.25) is 0 Å². The first-order chi connectivity index (χ1) is 13.2. The summed E-state index contributed by atoms with van der Waals surface area (Å²) in [6, 6.07) is 14.5. The van der Waals surface area contributed by atoms with Gasteiger partial charge in [-0.15, -0.1) is 0 Å². The van der Waals surface area contributed by atoms with E-state index in [0.29, 0.717) is 11.4 Å². The molecule has 146 valence electrons. The zero-order valence-electron chi connectivity index (χ0n) is 15.5. The van der Waals surface area contributed by atoms with Crippen molar-refractivity contribution in [2.75, 3.05) is 24.2 Å². The summed E-state index contributed by atoms with van der Waals surface area (Å²) >= 11 is 0. The zero-order chi connectivity index (χ0) is 20.7. The molecule has 2 amide bonds. The molecule has 8 nitrogen and oxygen atoms in total. The Morgan fingerprint density at radius 3 is 2.07 bits per heavy atom. The summed E-state index contributed by atoms with van der Waals surface area (Å²) in [5.74, 6) is -0.751. The molecule has 0 atom stereocenters. The summed E-state index contributed by atoms with van der Waals surface area (Å²) in [6.07, 6.45) is 0.274. The topological polar surface area (TPSA) is 119 Å². The second-order valence-corrected chi connectivity index (χ2v) is 8.09. The molecular weight excluding hydrogens is 380 g/mol. The van der Waals surface area contributed by atoms with Crippen molar-refractivity contribution in [1.82, 2.24) is 4.31 Å². The number of carbonyl (C=O) groups excluding carboxylic acids is 2. The third kappa shape index (κ3) is 5.64. The summed E-state index contributed by atoms with van der Waals surface area (Å²) in [5, 5.41) is 13.8. The van der Waals surface area contributed by atoms with Gasteiger partial charge in [-0.3, -0.25) is 9.59 Å². The molecule has 2 N–H and O–H groups in total. The number of anilines is 2. The van der Waals surface area contributed by atoms with E-state index in [-0.39, 0.29) is 23.8 Å². The molecule has 0 aliphatic rings. The van der Waals surface area contributed by atoms with Crippen molar-refractivity contribution >= 4 is 33.2 Å². The Labute approximate surface area is 163 Å². The van der Waals surface area contributed by atoms with Crippen molar-refractivity contribution in [3.8, 4) is 6.07 Å². The number of rotatable bonds is 7. The SMILES string of the molecule is CC(=O)Nc1ccc(S(=O)(=O)N(C)CC(=O)Nc2ccc(CC#N)cc2)cc1. The van der Waals surface area contributed by atoms with Gasteiger partial charge in [-0.05, 0) is 42.0 Å². The molecule has 9 heteroatoms. The van der Waals surface area contributed by atoms with Gasteiger partial charge in [0, 0.05) is 25.3 Å². The summed E-state index contributed by atoms with van der Waals surface area (Å²) in [7, 11) is -2.55. The van der Waals surface area contributed by atoms with E-state index in [2.05, 4.69) is 10.6 Å². The van der Waals surface area contributed by atoms with Crippen molar-refractivity contribution in [1.29, 1.82) is 5.26 Å². The highest BCUT2D eigenvalue weighted by atomic mass is 32.2. The number of benzene rings is 2. The van der Waals surface area contributed by atoms with E-state index in [1.807, 2.05) is 6.07 Å². The lowest BCUT2D eigenvalue weighted by Gasteiger charge is -2.17. The number of hydrogen-bond donors (Lipinski definition) is 2. The predicted molar refractivity (Wildman–Crippen MR) is 105 cm³/mol. The van der Waals surface area contributed by atoms with Crippen molar-refractivity contribution in [2.24, 2.45) is 0 Å². The standard InChI is InChI=1S/C19H20N4O4S/c1-14(24)21-16-7-9-18(10-8-16)28(26,27)23(2)13-19(25)22-17-5-3-15(4-6-17)11-12-20/h3-10H,11,13H2,1-2H3,(H,21,24)(H,22,25). The smallest absolute Gasteiger partial charge is 0.243 e. The zero-order valence-corrected chi connectivity index (χ0v) is 16.3. The fourth-order valence-corrected chi connectivity index (χ4v) is 3.51.